The molecule has 18 heavy (non-hydrogen) atoms. The van der Waals surface area contributed by atoms with Crippen LogP contribution in [0.25, 0.3) is 0 Å². The van der Waals surface area contributed by atoms with E-state index in [4.69, 9.17) is 14.9 Å². The monoisotopic (exact) mass is 276 g/mol. The van der Waals surface area contributed by atoms with E-state index in [1.54, 1.807) is 11.0 Å². The SMILES string of the molecule is CCOCCN(CC)C(=O)c1coc(CN)c1.Cl. The van der Waals surface area contributed by atoms with Crippen LogP contribution in [0.1, 0.15) is 30.0 Å². The van der Waals surface area contributed by atoms with Crippen molar-refractivity contribution in [3.05, 3.63) is 23.7 Å². The minimum absolute atomic E-state index is 0. The van der Waals surface area contributed by atoms with Gasteiger partial charge in [0.25, 0.3) is 5.91 Å². The lowest BCUT2D eigenvalue weighted by Crippen LogP contribution is -2.33. The molecule has 2 N–H and O–H groups in total. The summed E-state index contributed by atoms with van der Waals surface area (Å²) < 4.78 is 10.4. The van der Waals surface area contributed by atoms with Crippen molar-refractivity contribution in [2.75, 3.05) is 26.3 Å². The van der Waals surface area contributed by atoms with E-state index in [1.165, 1.54) is 6.26 Å². The molecule has 5 nitrogen and oxygen atoms in total. The van der Waals surface area contributed by atoms with Gasteiger partial charge in [-0.25, -0.2) is 0 Å². The predicted octanol–water partition coefficient (Wildman–Crippen LogP) is 1.66. The Balaban J connectivity index is 0.00000289. The second kappa shape index (κ2) is 8.97. The Kier molecular flexibility index (Phi) is 8.45. The second-order valence-corrected chi connectivity index (χ2v) is 3.59. The number of hydrogen-bond acceptors (Lipinski definition) is 4. The van der Waals surface area contributed by atoms with Crippen LogP contribution in [0, 0.1) is 0 Å². The summed E-state index contributed by atoms with van der Waals surface area (Å²) in [6, 6.07) is 1.69. The summed E-state index contributed by atoms with van der Waals surface area (Å²) in [5, 5.41) is 0. The first-order chi connectivity index (χ1) is 8.22. The van der Waals surface area contributed by atoms with Gasteiger partial charge >= 0.3 is 0 Å². The summed E-state index contributed by atoms with van der Waals surface area (Å²) in [7, 11) is 0. The van der Waals surface area contributed by atoms with Gasteiger partial charge in [-0.15, -0.1) is 12.4 Å². The Labute approximate surface area is 114 Å². The summed E-state index contributed by atoms with van der Waals surface area (Å²) in [5.41, 5.74) is 5.98. The maximum atomic E-state index is 12.1. The molecule has 0 aliphatic rings. The quantitative estimate of drug-likeness (QED) is 0.769. The first-order valence-electron chi connectivity index (χ1n) is 5.87. The van der Waals surface area contributed by atoms with Crippen molar-refractivity contribution in [1.82, 2.24) is 4.90 Å². The molecule has 0 aliphatic carbocycles. The number of halogens is 1. The largest absolute Gasteiger partial charge is 0.467 e. The molecule has 1 aromatic heterocycles. The van der Waals surface area contributed by atoms with Gasteiger partial charge in [0.05, 0.1) is 18.7 Å². The van der Waals surface area contributed by atoms with E-state index in [0.717, 1.165) is 0 Å². The molecule has 0 saturated heterocycles. The number of hydrogen-bond donors (Lipinski definition) is 1. The highest BCUT2D eigenvalue weighted by atomic mass is 35.5. The highest BCUT2D eigenvalue weighted by Gasteiger charge is 2.16. The molecule has 1 heterocycles. The van der Waals surface area contributed by atoms with Crippen molar-refractivity contribution in [2.45, 2.75) is 20.4 Å². The number of nitrogens with two attached hydrogens (primary N) is 1. The molecule has 1 aromatic rings. The van der Waals surface area contributed by atoms with E-state index < -0.39 is 0 Å². The first-order valence-corrected chi connectivity index (χ1v) is 5.87. The van der Waals surface area contributed by atoms with Crippen molar-refractivity contribution in [3.63, 3.8) is 0 Å². The second-order valence-electron chi connectivity index (χ2n) is 3.59. The molecule has 1 amide bonds. The van der Waals surface area contributed by atoms with Gasteiger partial charge in [-0.05, 0) is 19.9 Å². The molecule has 0 saturated carbocycles. The Morgan fingerprint density at radius 3 is 2.72 bits per heavy atom. The summed E-state index contributed by atoms with van der Waals surface area (Å²) in [5.74, 6) is 0.574. The fraction of sp³-hybridized carbons (Fsp3) is 0.583. The van der Waals surface area contributed by atoms with E-state index in [2.05, 4.69) is 0 Å². The van der Waals surface area contributed by atoms with Crippen LogP contribution in [0.5, 0.6) is 0 Å². The molecule has 0 aromatic carbocycles. The van der Waals surface area contributed by atoms with E-state index in [-0.39, 0.29) is 18.3 Å². The molecule has 6 heteroatoms. The lowest BCUT2D eigenvalue weighted by molar-refractivity contribution is 0.0668. The van der Waals surface area contributed by atoms with E-state index in [1.807, 2.05) is 13.8 Å². The van der Waals surface area contributed by atoms with Gasteiger partial charge in [-0.2, -0.15) is 0 Å². The Bertz CT molecular complexity index is 355. The van der Waals surface area contributed by atoms with Crippen molar-refractivity contribution in [1.29, 1.82) is 0 Å². The van der Waals surface area contributed by atoms with Crippen molar-refractivity contribution < 1.29 is 13.9 Å². The van der Waals surface area contributed by atoms with E-state index in [0.29, 0.717) is 44.2 Å². The van der Waals surface area contributed by atoms with Crippen LogP contribution in [0.2, 0.25) is 0 Å². The molecular formula is C12H21ClN2O3. The number of carbonyl (C=O) groups is 1. The molecule has 0 spiro atoms. The molecule has 0 unspecified atom stereocenters. The Morgan fingerprint density at radius 1 is 1.50 bits per heavy atom. The summed E-state index contributed by atoms with van der Waals surface area (Å²) in [4.78, 5) is 13.8. The van der Waals surface area contributed by atoms with E-state index in [9.17, 15) is 4.79 Å². The number of rotatable bonds is 7. The predicted molar refractivity (Wildman–Crippen MR) is 71.9 cm³/mol. The van der Waals surface area contributed by atoms with Crippen LogP contribution in [-0.2, 0) is 11.3 Å². The summed E-state index contributed by atoms with van der Waals surface area (Å²) >= 11 is 0. The normalized spacial score (nSPS) is 9.94. The fourth-order valence-electron chi connectivity index (χ4n) is 1.50. The summed E-state index contributed by atoms with van der Waals surface area (Å²) in [6.07, 6.45) is 1.45. The zero-order chi connectivity index (χ0) is 12.7. The van der Waals surface area contributed by atoms with E-state index >= 15 is 0 Å². The van der Waals surface area contributed by atoms with Crippen LogP contribution in [0.4, 0.5) is 0 Å². The smallest absolute Gasteiger partial charge is 0.257 e. The van der Waals surface area contributed by atoms with Crippen LogP contribution < -0.4 is 5.73 Å². The molecule has 0 bridgehead atoms. The molecule has 0 atom stereocenters. The lowest BCUT2D eigenvalue weighted by atomic mass is 10.2. The third kappa shape index (κ3) is 4.68. The number of amides is 1. The number of carbonyl (C=O) groups excluding carboxylic acids is 1. The topological polar surface area (TPSA) is 68.7 Å². The zero-order valence-electron chi connectivity index (χ0n) is 10.8. The van der Waals surface area contributed by atoms with Crippen molar-refractivity contribution in [3.8, 4) is 0 Å². The molecule has 1 rings (SSSR count). The third-order valence-electron chi connectivity index (χ3n) is 2.48. The fourth-order valence-corrected chi connectivity index (χ4v) is 1.50. The molecular weight excluding hydrogens is 256 g/mol. The zero-order valence-corrected chi connectivity index (χ0v) is 11.7. The number of likely N-dealkylation sites (N-methyl/N-ethyl adjacent to an activating group) is 1. The van der Waals surface area contributed by atoms with Crippen LogP contribution >= 0.6 is 12.4 Å². The third-order valence-corrected chi connectivity index (χ3v) is 2.48. The molecule has 0 aliphatic heterocycles. The van der Waals surface area contributed by atoms with Gasteiger partial charge in [-0.3, -0.25) is 4.79 Å². The van der Waals surface area contributed by atoms with Crippen LogP contribution in [0.15, 0.2) is 16.7 Å². The van der Waals surface area contributed by atoms with Gasteiger partial charge in [0.15, 0.2) is 0 Å². The minimum Gasteiger partial charge on any atom is -0.467 e. The summed E-state index contributed by atoms with van der Waals surface area (Å²) in [6.45, 7) is 6.63. The average Bonchev–Trinajstić information content (AvgIpc) is 2.82. The molecule has 0 fully saturated rings. The molecule has 0 radical (unpaired) electrons. The molecule has 104 valence electrons. The van der Waals surface area contributed by atoms with Gasteiger partial charge < -0.3 is 19.8 Å². The maximum Gasteiger partial charge on any atom is 0.257 e. The van der Waals surface area contributed by atoms with Crippen LogP contribution in [0.3, 0.4) is 0 Å². The highest BCUT2D eigenvalue weighted by molar-refractivity contribution is 5.94. The Hall–Kier alpha value is -1.04. The van der Waals surface area contributed by atoms with Crippen molar-refractivity contribution >= 4 is 18.3 Å². The van der Waals surface area contributed by atoms with Gasteiger partial charge in [-0.1, -0.05) is 0 Å². The number of furan rings is 1. The minimum atomic E-state index is -0.0457. The highest BCUT2D eigenvalue weighted by Crippen LogP contribution is 2.10. The number of ether oxygens (including phenoxy) is 1. The van der Waals surface area contributed by atoms with Gasteiger partial charge in [0, 0.05) is 19.7 Å². The van der Waals surface area contributed by atoms with Gasteiger partial charge in [0.2, 0.25) is 0 Å². The Morgan fingerprint density at radius 2 is 2.22 bits per heavy atom. The standard InChI is InChI=1S/C12H20N2O3.ClH/c1-3-14(5-6-16-4-2)12(15)10-7-11(8-13)17-9-10;/h7,9H,3-6,8,13H2,1-2H3;1H. The van der Waals surface area contributed by atoms with Crippen LogP contribution in [-0.4, -0.2) is 37.1 Å². The number of nitrogens with zero attached hydrogens (tertiary/aromatic N) is 1. The maximum absolute atomic E-state index is 12.1. The lowest BCUT2D eigenvalue weighted by Gasteiger charge is -2.19. The van der Waals surface area contributed by atoms with Gasteiger partial charge in [0.1, 0.15) is 12.0 Å². The first kappa shape index (κ1) is 17.0. The van der Waals surface area contributed by atoms with Crippen molar-refractivity contribution in [2.24, 2.45) is 5.73 Å². The average molecular weight is 277 g/mol.